The normalized spacial score (nSPS) is 35.6. The fourth-order valence-electron chi connectivity index (χ4n) is 7.09. The number of hydrogen-bond donors (Lipinski definition) is 4. The van der Waals surface area contributed by atoms with Gasteiger partial charge in [-0.3, -0.25) is 0 Å². The van der Waals surface area contributed by atoms with Gasteiger partial charge in [-0.1, -0.05) is 38.2 Å². The predicted molar refractivity (Wildman–Crippen MR) is 126 cm³/mol. The Hall–Kier alpha value is -1.36. The van der Waals surface area contributed by atoms with Crippen LogP contribution < -0.4 is 0 Å². The van der Waals surface area contributed by atoms with E-state index in [1.807, 2.05) is 12.2 Å². The molecule has 3 saturated carbocycles. The number of hydrogen-bond acceptors (Lipinski definition) is 4. The van der Waals surface area contributed by atoms with Crippen molar-refractivity contribution in [1.29, 1.82) is 0 Å². The minimum Gasteiger partial charge on any atom is -0.393 e. The molecule has 0 saturated heterocycles. The molecular weight excluding hydrogens is 502 g/mol. The number of rotatable bonds is 6. The number of halogens is 6. The smallest absolute Gasteiger partial charge is 0.393 e. The first-order chi connectivity index (χ1) is 16.9. The molecule has 10 heteroatoms. The molecule has 0 heterocycles. The standard InChI is InChI=1S/C27H38F6O4/c1-15(11-20(35)14-25(37,26(28,29)30)27(31,32)33)21-8-9-22-17(5-4-10-24(21,22)3)6-7-18-12-19(34)13-23(36)16(18)2/h6-7,15,19-23,34-37H,2,4-5,8-14H2,1,3H3/b17-6+,18-7-/t15?,19-,20+,21-,22?,23+,24-/m1/s1. The van der Waals surface area contributed by atoms with E-state index in [0.717, 1.165) is 37.7 Å². The molecule has 0 aromatic rings. The van der Waals surface area contributed by atoms with Gasteiger partial charge in [0.2, 0.25) is 0 Å². The van der Waals surface area contributed by atoms with Crippen LogP contribution in [-0.4, -0.2) is 56.7 Å². The van der Waals surface area contributed by atoms with Crippen LogP contribution in [-0.2, 0) is 0 Å². The molecule has 3 rings (SSSR count). The zero-order valence-corrected chi connectivity index (χ0v) is 21.2. The second kappa shape index (κ2) is 10.7. The first-order valence-corrected chi connectivity index (χ1v) is 12.9. The molecule has 4 N–H and O–H groups in total. The molecule has 0 aliphatic heterocycles. The highest BCUT2D eigenvalue weighted by Crippen LogP contribution is 2.60. The van der Waals surface area contributed by atoms with Crippen LogP contribution in [0.25, 0.3) is 0 Å². The van der Waals surface area contributed by atoms with Crippen LogP contribution in [0.2, 0.25) is 0 Å². The molecule has 0 aromatic heterocycles. The van der Waals surface area contributed by atoms with E-state index in [1.54, 1.807) is 6.92 Å². The Morgan fingerprint density at radius 1 is 1.08 bits per heavy atom. The van der Waals surface area contributed by atoms with E-state index >= 15 is 0 Å². The van der Waals surface area contributed by atoms with Gasteiger partial charge in [0.05, 0.1) is 18.3 Å². The van der Waals surface area contributed by atoms with Gasteiger partial charge in [0.15, 0.2) is 0 Å². The summed E-state index contributed by atoms with van der Waals surface area (Å²) < 4.78 is 78.4. The van der Waals surface area contributed by atoms with Gasteiger partial charge in [-0.15, -0.1) is 0 Å². The van der Waals surface area contributed by atoms with Crippen molar-refractivity contribution >= 4 is 0 Å². The topological polar surface area (TPSA) is 80.9 Å². The minimum atomic E-state index is -5.95. The fourth-order valence-corrected chi connectivity index (χ4v) is 7.09. The average Bonchev–Trinajstić information content (AvgIpc) is 3.11. The zero-order valence-electron chi connectivity index (χ0n) is 21.2. The Morgan fingerprint density at radius 3 is 2.30 bits per heavy atom. The van der Waals surface area contributed by atoms with Gasteiger partial charge in [-0.05, 0) is 79.3 Å². The summed E-state index contributed by atoms with van der Waals surface area (Å²) in [5.74, 6) is -0.185. The zero-order chi connectivity index (χ0) is 28.0. The maximum absolute atomic E-state index is 13.1. The van der Waals surface area contributed by atoms with E-state index in [4.69, 9.17) is 0 Å². The van der Waals surface area contributed by atoms with Crippen molar-refractivity contribution in [2.75, 3.05) is 0 Å². The van der Waals surface area contributed by atoms with Crippen LogP contribution in [0.3, 0.4) is 0 Å². The molecule has 3 aliphatic carbocycles. The lowest BCUT2D eigenvalue weighted by molar-refractivity contribution is -0.374. The lowest BCUT2D eigenvalue weighted by Gasteiger charge is -2.45. The SMILES string of the molecule is C=C1/C(=C\C=C2/CCC[C@@]3(C)C2CC[C@@H]3C(C)C[C@H](O)CC(O)(C(F)(F)F)C(F)(F)F)C[C@@H](O)C[C@@H]1O. The Balaban J connectivity index is 1.73. The first-order valence-electron chi connectivity index (χ1n) is 12.9. The number of alkyl halides is 6. The first kappa shape index (κ1) is 30.2. The summed E-state index contributed by atoms with van der Waals surface area (Å²) in [5.41, 5.74) is -2.61. The second-order valence-corrected chi connectivity index (χ2v) is 11.6. The van der Waals surface area contributed by atoms with Crippen LogP contribution in [0.15, 0.2) is 35.5 Å². The Bertz CT molecular complexity index is 894. The van der Waals surface area contributed by atoms with Gasteiger partial charge in [-0.2, -0.15) is 26.3 Å². The van der Waals surface area contributed by atoms with Crippen molar-refractivity contribution in [2.24, 2.45) is 23.2 Å². The second-order valence-electron chi connectivity index (χ2n) is 11.6. The number of allylic oxidation sites excluding steroid dienone is 3. The van der Waals surface area contributed by atoms with Crippen LogP contribution >= 0.6 is 0 Å². The molecule has 0 radical (unpaired) electrons. The molecule has 37 heavy (non-hydrogen) atoms. The van der Waals surface area contributed by atoms with Crippen LogP contribution in [0.1, 0.15) is 71.6 Å². The van der Waals surface area contributed by atoms with Gasteiger partial charge in [0, 0.05) is 12.8 Å². The average molecular weight is 541 g/mol. The highest BCUT2D eigenvalue weighted by Gasteiger charge is 2.70. The summed E-state index contributed by atoms with van der Waals surface area (Å²) in [4.78, 5) is 0. The Morgan fingerprint density at radius 2 is 1.70 bits per heavy atom. The summed E-state index contributed by atoms with van der Waals surface area (Å²) >= 11 is 0. The van der Waals surface area contributed by atoms with Crippen molar-refractivity contribution in [2.45, 2.75) is 108 Å². The highest BCUT2D eigenvalue weighted by atomic mass is 19.4. The summed E-state index contributed by atoms with van der Waals surface area (Å²) in [5, 5.41) is 39.8. The minimum absolute atomic E-state index is 0.0124. The molecule has 0 amide bonds. The molecule has 7 atom stereocenters. The van der Waals surface area contributed by atoms with Crippen molar-refractivity contribution in [3.8, 4) is 0 Å². The molecule has 3 fully saturated rings. The van der Waals surface area contributed by atoms with E-state index in [2.05, 4.69) is 13.5 Å². The molecule has 212 valence electrons. The van der Waals surface area contributed by atoms with Gasteiger partial charge in [0.1, 0.15) is 0 Å². The summed E-state index contributed by atoms with van der Waals surface area (Å²) in [6.45, 7) is 7.78. The fraction of sp³-hybridized carbons (Fsp3) is 0.778. The van der Waals surface area contributed by atoms with E-state index < -0.39 is 42.7 Å². The molecular formula is C27H38F6O4. The Kier molecular flexibility index (Phi) is 8.70. The van der Waals surface area contributed by atoms with Gasteiger partial charge >= 0.3 is 12.4 Å². The molecule has 0 aromatic carbocycles. The lowest BCUT2D eigenvalue weighted by atomic mass is 9.60. The highest BCUT2D eigenvalue weighted by molar-refractivity contribution is 5.38. The monoisotopic (exact) mass is 540 g/mol. The van der Waals surface area contributed by atoms with E-state index in [1.165, 1.54) is 5.57 Å². The van der Waals surface area contributed by atoms with Gasteiger partial charge in [0.25, 0.3) is 5.60 Å². The molecule has 0 spiro atoms. The van der Waals surface area contributed by atoms with Gasteiger partial charge in [-0.25, -0.2) is 0 Å². The predicted octanol–water partition coefficient (Wildman–Crippen LogP) is 5.76. The number of aliphatic hydroxyl groups is 4. The van der Waals surface area contributed by atoms with Gasteiger partial charge < -0.3 is 20.4 Å². The number of aliphatic hydroxyl groups excluding tert-OH is 3. The maximum Gasteiger partial charge on any atom is 0.426 e. The third-order valence-corrected chi connectivity index (χ3v) is 9.10. The summed E-state index contributed by atoms with van der Waals surface area (Å²) in [7, 11) is 0. The molecule has 2 unspecified atom stereocenters. The lowest BCUT2D eigenvalue weighted by Crippen LogP contribution is -2.58. The molecule has 4 nitrogen and oxygen atoms in total. The van der Waals surface area contributed by atoms with E-state index in [0.29, 0.717) is 12.0 Å². The molecule has 0 bridgehead atoms. The third-order valence-electron chi connectivity index (χ3n) is 9.10. The van der Waals surface area contributed by atoms with E-state index in [-0.39, 0.29) is 36.0 Å². The van der Waals surface area contributed by atoms with Crippen molar-refractivity contribution < 1.29 is 46.8 Å². The maximum atomic E-state index is 13.1. The van der Waals surface area contributed by atoms with Crippen molar-refractivity contribution in [1.82, 2.24) is 0 Å². The van der Waals surface area contributed by atoms with Crippen LogP contribution in [0.4, 0.5) is 26.3 Å². The quantitative estimate of drug-likeness (QED) is 0.323. The largest absolute Gasteiger partial charge is 0.426 e. The van der Waals surface area contributed by atoms with Crippen molar-refractivity contribution in [3.05, 3.63) is 35.5 Å². The Labute approximate surface area is 213 Å². The molecule has 3 aliphatic rings. The van der Waals surface area contributed by atoms with E-state index in [9.17, 15) is 46.8 Å². The summed E-state index contributed by atoms with van der Waals surface area (Å²) in [6.07, 6.45) is -8.72. The summed E-state index contributed by atoms with van der Waals surface area (Å²) in [6, 6.07) is 0. The van der Waals surface area contributed by atoms with Crippen LogP contribution in [0.5, 0.6) is 0 Å². The third kappa shape index (κ3) is 5.97. The van der Waals surface area contributed by atoms with Crippen LogP contribution in [0, 0.1) is 23.2 Å². The number of fused-ring (bicyclic) bond motifs is 1. The van der Waals surface area contributed by atoms with Crippen molar-refractivity contribution in [3.63, 3.8) is 0 Å².